The topological polar surface area (TPSA) is 66.2 Å². The molecule has 0 saturated carbocycles. The van der Waals surface area contributed by atoms with E-state index in [0.29, 0.717) is 39.2 Å². The minimum atomic E-state index is -0.633. The number of hydrogen-bond acceptors (Lipinski definition) is 5. The van der Waals surface area contributed by atoms with Crippen LogP contribution in [-0.4, -0.2) is 48.3 Å². The Morgan fingerprint density at radius 3 is 2.89 bits per heavy atom. The van der Waals surface area contributed by atoms with Crippen LogP contribution in [0.15, 0.2) is 59.7 Å². The fourth-order valence-electron chi connectivity index (χ4n) is 3.27. The van der Waals surface area contributed by atoms with Gasteiger partial charge in [-0.3, -0.25) is 4.79 Å². The highest BCUT2D eigenvalue weighted by atomic mass is 16.5. The van der Waals surface area contributed by atoms with Crippen molar-refractivity contribution in [3.63, 3.8) is 0 Å². The highest BCUT2D eigenvalue weighted by Gasteiger charge is 2.24. The zero-order chi connectivity index (χ0) is 19.1. The lowest BCUT2D eigenvalue weighted by Crippen LogP contribution is -2.41. The smallest absolute Gasteiger partial charge is 0.225 e. The summed E-state index contributed by atoms with van der Waals surface area (Å²) < 4.78 is 10.8. The van der Waals surface area contributed by atoms with Crippen LogP contribution in [0.25, 0.3) is 0 Å². The van der Waals surface area contributed by atoms with Gasteiger partial charge in [0.1, 0.15) is 5.76 Å². The van der Waals surface area contributed by atoms with E-state index in [0.717, 1.165) is 17.0 Å². The van der Waals surface area contributed by atoms with Gasteiger partial charge in [-0.05, 0) is 23.8 Å². The van der Waals surface area contributed by atoms with E-state index in [1.54, 1.807) is 12.3 Å². The zero-order valence-electron chi connectivity index (χ0n) is 15.4. The largest absolute Gasteiger partial charge is 0.467 e. The quantitative estimate of drug-likeness (QED) is 0.571. The third-order valence-corrected chi connectivity index (χ3v) is 4.55. The van der Waals surface area contributed by atoms with Gasteiger partial charge >= 0.3 is 0 Å². The second kappa shape index (κ2) is 9.39. The van der Waals surface area contributed by atoms with Crippen molar-refractivity contribution in [3.05, 3.63) is 66.6 Å². The van der Waals surface area contributed by atoms with Crippen molar-refractivity contribution in [2.24, 2.45) is 0 Å². The lowest BCUT2D eigenvalue weighted by molar-refractivity contribution is -0.132. The molecule has 0 bridgehead atoms. The number of benzene rings is 1. The summed E-state index contributed by atoms with van der Waals surface area (Å²) in [5.74, 6) is 0.844. The van der Waals surface area contributed by atoms with Crippen molar-refractivity contribution in [2.45, 2.75) is 25.6 Å². The summed E-state index contributed by atoms with van der Waals surface area (Å²) in [5, 5.41) is 10.3. The number of amides is 1. The molecule has 0 radical (unpaired) electrons. The number of ether oxygens (including phenoxy) is 1. The number of para-hydroxylation sites is 1. The van der Waals surface area contributed by atoms with Crippen LogP contribution < -0.4 is 4.90 Å². The normalized spacial score (nSPS) is 15.8. The molecule has 0 aliphatic carbocycles. The number of aliphatic hydroxyl groups excluding tert-OH is 1. The summed E-state index contributed by atoms with van der Waals surface area (Å²) in [6.45, 7) is 6.18. The predicted molar refractivity (Wildman–Crippen MR) is 103 cm³/mol. The van der Waals surface area contributed by atoms with E-state index < -0.39 is 6.10 Å². The van der Waals surface area contributed by atoms with Gasteiger partial charge < -0.3 is 24.1 Å². The maximum Gasteiger partial charge on any atom is 0.225 e. The van der Waals surface area contributed by atoms with Crippen molar-refractivity contribution in [2.75, 3.05) is 31.2 Å². The summed E-state index contributed by atoms with van der Waals surface area (Å²) in [4.78, 5) is 16.6. The number of nitrogens with zero attached hydrogens (tertiary/aromatic N) is 2. The second-order valence-corrected chi connectivity index (χ2v) is 6.63. The van der Waals surface area contributed by atoms with Crippen LogP contribution >= 0.6 is 0 Å². The van der Waals surface area contributed by atoms with E-state index in [4.69, 9.17) is 9.15 Å². The first kappa shape index (κ1) is 19.2. The molecule has 3 rings (SSSR count). The predicted octanol–water partition coefficient (Wildman–Crippen LogP) is 2.58. The van der Waals surface area contributed by atoms with Crippen molar-refractivity contribution >= 4 is 11.6 Å². The molecule has 0 spiro atoms. The van der Waals surface area contributed by atoms with Gasteiger partial charge in [-0.15, -0.1) is 6.58 Å². The first-order valence-electron chi connectivity index (χ1n) is 9.17. The molecule has 6 heteroatoms. The number of rotatable bonds is 8. The van der Waals surface area contributed by atoms with Gasteiger partial charge in [0.2, 0.25) is 5.91 Å². The number of β-amino-alcohol motifs (C(OH)–C–C–N with tert-alkyl or cyclic N) is 1. The SMILES string of the molecule is C=CCOCC(O)CN1CCC(=O)N(Cc2ccco2)Cc2ccccc21. The van der Waals surface area contributed by atoms with Crippen LogP contribution in [-0.2, 0) is 22.6 Å². The Hall–Kier alpha value is -2.57. The molecule has 2 heterocycles. The minimum absolute atomic E-state index is 0.0725. The number of fused-ring (bicyclic) bond motifs is 1. The number of carbonyl (C=O) groups is 1. The molecule has 1 aliphatic rings. The molecule has 0 saturated heterocycles. The molecule has 27 heavy (non-hydrogen) atoms. The van der Waals surface area contributed by atoms with Crippen molar-refractivity contribution < 1.29 is 19.1 Å². The Balaban J connectivity index is 1.74. The molecule has 1 aliphatic heterocycles. The number of carbonyl (C=O) groups excluding carboxylic acids is 1. The van der Waals surface area contributed by atoms with E-state index in [1.165, 1.54) is 0 Å². The van der Waals surface area contributed by atoms with E-state index >= 15 is 0 Å². The summed E-state index contributed by atoms with van der Waals surface area (Å²) in [6, 6.07) is 11.7. The number of aliphatic hydroxyl groups is 1. The molecule has 0 fully saturated rings. The van der Waals surface area contributed by atoms with Crippen LogP contribution in [0.4, 0.5) is 5.69 Å². The van der Waals surface area contributed by atoms with Crippen LogP contribution in [0, 0.1) is 0 Å². The molecule has 6 nitrogen and oxygen atoms in total. The monoisotopic (exact) mass is 370 g/mol. The standard InChI is InChI=1S/C21H26N2O4/c1-2-11-26-16-18(24)14-22-10-9-21(25)23(15-19-7-5-12-27-19)13-17-6-3-4-8-20(17)22/h2-8,12,18,24H,1,9-11,13-16H2. The van der Waals surface area contributed by atoms with Crippen molar-refractivity contribution in [1.29, 1.82) is 0 Å². The van der Waals surface area contributed by atoms with Gasteiger partial charge in [-0.25, -0.2) is 0 Å². The van der Waals surface area contributed by atoms with Gasteiger partial charge in [0, 0.05) is 31.7 Å². The molecular weight excluding hydrogens is 344 g/mol. The molecule has 2 aromatic rings. The third-order valence-electron chi connectivity index (χ3n) is 4.55. The molecular formula is C21H26N2O4. The van der Waals surface area contributed by atoms with Crippen molar-refractivity contribution in [3.8, 4) is 0 Å². The molecule has 1 amide bonds. The first-order valence-corrected chi connectivity index (χ1v) is 9.17. The van der Waals surface area contributed by atoms with Gasteiger partial charge in [-0.1, -0.05) is 24.3 Å². The van der Waals surface area contributed by atoms with Crippen LogP contribution in [0.5, 0.6) is 0 Å². The Kier molecular flexibility index (Phi) is 6.68. The summed E-state index contributed by atoms with van der Waals surface area (Å²) in [5.41, 5.74) is 2.09. The van der Waals surface area contributed by atoms with E-state index in [2.05, 4.69) is 11.5 Å². The number of furan rings is 1. The average Bonchev–Trinajstić information content (AvgIpc) is 3.17. The van der Waals surface area contributed by atoms with Gasteiger partial charge in [0.25, 0.3) is 0 Å². The summed E-state index contributed by atoms with van der Waals surface area (Å²) in [7, 11) is 0. The fourth-order valence-corrected chi connectivity index (χ4v) is 3.27. The maximum absolute atomic E-state index is 12.7. The molecule has 1 N–H and O–H groups in total. The Morgan fingerprint density at radius 1 is 1.26 bits per heavy atom. The highest BCUT2D eigenvalue weighted by molar-refractivity contribution is 5.78. The minimum Gasteiger partial charge on any atom is -0.467 e. The number of hydrogen-bond donors (Lipinski definition) is 1. The van der Waals surface area contributed by atoms with Gasteiger partial charge in [-0.2, -0.15) is 0 Å². The van der Waals surface area contributed by atoms with Crippen LogP contribution in [0.2, 0.25) is 0 Å². The van der Waals surface area contributed by atoms with Crippen LogP contribution in [0.3, 0.4) is 0 Å². The van der Waals surface area contributed by atoms with Gasteiger partial charge in [0.05, 0.1) is 32.1 Å². The maximum atomic E-state index is 12.7. The molecule has 1 unspecified atom stereocenters. The summed E-state index contributed by atoms with van der Waals surface area (Å²) in [6.07, 6.45) is 3.03. The lowest BCUT2D eigenvalue weighted by Gasteiger charge is -2.34. The average molecular weight is 370 g/mol. The fraction of sp³-hybridized carbons (Fsp3) is 0.381. The Bertz CT molecular complexity index is 744. The van der Waals surface area contributed by atoms with E-state index in [9.17, 15) is 9.90 Å². The Morgan fingerprint density at radius 2 is 2.11 bits per heavy atom. The van der Waals surface area contributed by atoms with E-state index in [-0.39, 0.29) is 12.5 Å². The molecule has 144 valence electrons. The molecule has 1 atom stereocenters. The number of anilines is 1. The van der Waals surface area contributed by atoms with Gasteiger partial charge in [0.15, 0.2) is 0 Å². The van der Waals surface area contributed by atoms with E-state index in [1.807, 2.05) is 41.3 Å². The van der Waals surface area contributed by atoms with Crippen molar-refractivity contribution in [1.82, 2.24) is 4.90 Å². The second-order valence-electron chi connectivity index (χ2n) is 6.63. The summed E-state index contributed by atoms with van der Waals surface area (Å²) >= 11 is 0. The zero-order valence-corrected chi connectivity index (χ0v) is 15.4. The first-order chi connectivity index (χ1) is 13.2. The van der Waals surface area contributed by atoms with Crippen LogP contribution in [0.1, 0.15) is 17.7 Å². The third kappa shape index (κ3) is 5.21. The molecule has 1 aromatic carbocycles. The lowest BCUT2D eigenvalue weighted by atomic mass is 10.1. The highest BCUT2D eigenvalue weighted by Crippen LogP contribution is 2.26. The molecule has 1 aromatic heterocycles. The Labute approximate surface area is 159 Å².